The Morgan fingerprint density at radius 1 is 0.573 bits per heavy atom. The summed E-state index contributed by atoms with van der Waals surface area (Å²) in [5.74, 6) is -17.9. The molecule has 0 unspecified atom stereocenters. The first-order valence-corrected chi connectivity index (χ1v) is 44.8. The first-order valence-electron chi connectivity index (χ1n) is 43.3. The number of unbranched alkanes of at least 4 members (excludes halogenated alkanes) is 2. The largest absolute Gasteiger partial charge is 0.394 e. The van der Waals surface area contributed by atoms with E-state index < -0.39 is 229 Å². The van der Waals surface area contributed by atoms with Crippen molar-refractivity contribution in [3.63, 3.8) is 0 Å². The number of amides is 17. The van der Waals surface area contributed by atoms with Crippen molar-refractivity contribution in [2.75, 3.05) is 72.5 Å². The first kappa shape index (κ1) is 103. The molecule has 3 aromatic carbocycles. The molecule has 0 aliphatic carbocycles. The molecule has 8 rings (SSSR count). The zero-order chi connectivity index (χ0) is 96.0. The fraction of sp³-hybridized carbons (Fsp3) is 0.506. The minimum atomic E-state index is -1.88. The van der Waals surface area contributed by atoms with E-state index >= 15 is 24.0 Å². The lowest BCUT2D eigenvalue weighted by Crippen LogP contribution is -2.62. The number of likely N-dealkylation sites (N-methyl/N-ethyl adjacent to an activating group) is 4. The summed E-state index contributed by atoms with van der Waals surface area (Å²) >= 11 is 7.30. The van der Waals surface area contributed by atoms with Gasteiger partial charge in [0.05, 0.1) is 38.2 Å². The third-order valence-electron chi connectivity index (χ3n) is 22.7. The number of benzene rings is 3. The molecular weight excluding hydrogens is 1740 g/mol. The van der Waals surface area contributed by atoms with Crippen molar-refractivity contribution in [3.8, 4) is 0 Å². The number of nitrogens with one attached hydrogen (secondary N) is 15. The maximum atomic E-state index is 15.7. The molecule has 42 nitrogen and oxygen atoms in total. The van der Waals surface area contributed by atoms with Gasteiger partial charge in [-0.3, -0.25) is 86.9 Å². The Hall–Kier alpha value is -13.2. The molecule has 2 fully saturated rings. The Morgan fingerprint density at radius 3 is 1.78 bits per heavy atom. The summed E-state index contributed by atoms with van der Waals surface area (Å²) in [6, 6.07) is 0.154. The van der Waals surface area contributed by atoms with Crippen LogP contribution in [0.4, 0.5) is 0 Å². The molecule has 2 saturated heterocycles. The number of aliphatic hydroxyl groups is 1. The minimum Gasteiger partial charge on any atom is -0.394 e. The fourth-order valence-corrected chi connectivity index (χ4v) is 16.5. The maximum Gasteiger partial charge on any atom is 0.246 e. The molecule has 0 radical (unpaired) electrons. The Kier molecular flexibility index (Phi) is 39.0. The van der Waals surface area contributed by atoms with Crippen LogP contribution in [-0.4, -0.2) is 307 Å². The van der Waals surface area contributed by atoms with E-state index in [1.807, 2.05) is 13.8 Å². The zero-order valence-corrected chi connectivity index (χ0v) is 76.3. The Balaban J connectivity index is 1.18. The van der Waals surface area contributed by atoms with Crippen LogP contribution in [0.1, 0.15) is 121 Å². The van der Waals surface area contributed by atoms with E-state index in [4.69, 9.17) is 34.2 Å². The average molecular weight is 1860 g/mol. The van der Waals surface area contributed by atoms with E-state index in [0.29, 0.717) is 74.9 Å². The first-order chi connectivity index (χ1) is 62.3. The van der Waals surface area contributed by atoms with Crippen molar-refractivity contribution in [1.82, 2.24) is 103 Å². The lowest BCUT2D eigenvalue weighted by molar-refractivity contribution is -0.149. The number of rotatable bonds is 24. The molecule has 0 spiro atoms. The molecule has 5 heterocycles. The molecule has 2 aliphatic rings. The quantitative estimate of drug-likeness (QED) is 0.0225. The van der Waals surface area contributed by atoms with E-state index in [1.165, 1.54) is 47.6 Å². The van der Waals surface area contributed by atoms with Crippen molar-refractivity contribution in [3.05, 3.63) is 125 Å². The van der Waals surface area contributed by atoms with Gasteiger partial charge in [0.25, 0.3) is 0 Å². The zero-order valence-electron chi connectivity index (χ0n) is 74.8. The predicted molar refractivity (Wildman–Crippen MR) is 485 cm³/mol. The van der Waals surface area contributed by atoms with Gasteiger partial charge in [-0.2, -0.15) is 0 Å². The monoisotopic (exact) mass is 1860 g/mol. The number of carbonyl (C=O) groups excluding carboxylic acids is 17. The molecular formula is C87H121ClN24O18S. The highest BCUT2D eigenvalue weighted by molar-refractivity contribution is 8.00. The predicted octanol–water partition coefficient (Wildman–Crippen LogP) is -2.26. The standard InChI is InChI=1S/C87H121ClN24O18S/c1-10-12-24-67-80(124)105-64(40-97-87(91)92)78(122)107-66(75(119)96-41-71(90)115)44-131-45-73(117)100-61(31-49-20-15-14-16-21-49)83(127)109(7)48(5)74(118)102-63(36-70(89)114)85(129)112-29-19-26-68(112)81(125)101-59(35-53-39-93-46-98-53)77(121)103-60(30-47(3)4)82(126)108(6)42-72(116)99-58(32-50-37-94-56-23-18-17-22-54(50)56)76(120)106-65(43-113)79(123)104-62(33-51-38-95-57-28-27-52(88)34-55(51)57)84(128)111(9)69(25-13-11-2)86(130)110(67)8/h14-18,20-23,27-28,34,37-39,46-48,58-69,94-95,113H,10-13,19,24-26,29-33,35-36,40-45H2,1-9H3,(H2,89,114)(H2,90,115)(H,93,98)(H,96,119)(H,99,116)(H,100,117)(H,101,125)(H,102,118)(H,103,121)(H,104,123)(H,105,124)(H,106,120)(H,107,122)(H4,91,92,97)/t48-,58-,59-,60-,61-,62-,63-,64-,65-,66-,67-,68-,69-/m0/s1. The maximum absolute atomic E-state index is 15.7. The van der Waals surface area contributed by atoms with Crippen LogP contribution in [0.5, 0.6) is 0 Å². The highest BCUT2D eigenvalue weighted by atomic mass is 35.5. The molecule has 0 bridgehead atoms. The molecule has 44 heteroatoms. The number of hydrogen-bond donors (Lipinski definition) is 19. The molecule has 22 N–H and O–H groups in total. The van der Waals surface area contributed by atoms with Crippen molar-refractivity contribution in [2.45, 2.75) is 203 Å². The molecule has 17 amide bonds. The van der Waals surface area contributed by atoms with Crippen LogP contribution < -0.4 is 75.7 Å². The van der Waals surface area contributed by atoms with E-state index in [-0.39, 0.29) is 70.3 Å². The second-order valence-corrected chi connectivity index (χ2v) is 34.6. The van der Waals surface area contributed by atoms with E-state index in [2.05, 4.69) is 78.4 Å². The van der Waals surface area contributed by atoms with Crippen LogP contribution in [-0.2, 0) is 107 Å². The van der Waals surface area contributed by atoms with E-state index in [9.17, 15) is 62.6 Å². The molecule has 2 aliphatic heterocycles. The van der Waals surface area contributed by atoms with E-state index in [1.54, 1.807) is 99.0 Å². The van der Waals surface area contributed by atoms with Crippen LogP contribution in [0.15, 0.2) is 97.7 Å². The normalized spacial score (nSPS) is 23.6. The topological polar surface area (TPSA) is 621 Å². The number of para-hydroxylation sites is 1. The Morgan fingerprint density at radius 2 is 1.14 bits per heavy atom. The van der Waals surface area contributed by atoms with Gasteiger partial charge in [-0.1, -0.05) is 114 Å². The number of carbonyl (C=O) groups is 17. The average Bonchev–Trinajstić information content (AvgIpc) is 1.72. The molecule has 710 valence electrons. The lowest BCUT2D eigenvalue weighted by Gasteiger charge is -2.36. The van der Waals surface area contributed by atoms with Gasteiger partial charge in [0, 0.05) is 124 Å². The summed E-state index contributed by atoms with van der Waals surface area (Å²) in [6.45, 7) is 5.19. The van der Waals surface area contributed by atoms with Crippen molar-refractivity contribution in [2.24, 2.45) is 23.1 Å². The van der Waals surface area contributed by atoms with Gasteiger partial charge in [-0.15, -0.1) is 11.8 Å². The van der Waals surface area contributed by atoms with Crippen molar-refractivity contribution >= 4 is 152 Å². The number of primary amides is 2. The number of nitrogens with two attached hydrogens (primary N) is 3. The van der Waals surface area contributed by atoms with Gasteiger partial charge in [0.2, 0.25) is 100 Å². The van der Waals surface area contributed by atoms with Crippen molar-refractivity contribution in [1.29, 1.82) is 5.41 Å². The number of aromatic amines is 3. The van der Waals surface area contributed by atoms with Gasteiger partial charge in [0.15, 0.2) is 5.96 Å². The molecule has 13 atom stereocenters. The van der Waals surface area contributed by atoms with Gasteiger partial charge in [-0.05, 0) is 85.9 Å². The number of aromatic nitrogens is 4. The summed E-state index contributed by atoms with van der Waals surface area (Å²) in [4.78, 5) is 266. The molecule has 3 aromatic heterocycles. The number of thioether (sulfide) groups is 1. The summed E-state index contributed by atoms with van der Waals surface area (Å²) < 4.78 is 0. The third kappa shape index (κ3) is 29.7. The highest BCUT2D eigenvalue weighted by Crippen LogP contribution is 2.27. The molecule has 131 heavy (non-hydrogen) atoms. The SMILES string of the molecule is CCCC[C@H]1C(=O)N(C)[C@@H](CCCC)C(=O)N[C@@H](CNC(=N)N)C(=O)N[C@H](C(=O)NCC(N)=O)CSCC(=O)N[C@@H](Cc2ccccc2)C(=O)N(C)[C@@H](C)C(=O)N[C@@H](CC(N)=O)C(=O)N2CCC[C@H]2C(=O)N[C@@H](Cc2cnc[nH]2)C(=O)N[C@@H](CC(C)C)C(=O)N(C)CC(=O)N[C@@H](Cc2c[nH]c3ccccc23)C(=O)N[C@@H](CO)C(=O)N[C@@H](Cc2c[nH]c3ccc(Cl)cc23)C(=O)N1C. The Labute approximate surface area is 766 Å². The number of guanidine groups is 1. The molecule has 6 aromatic rings. The number of hydrogen-bond acceptors (Lipinski definition) is 21. The van der Waals surface area contributed by atoms with Gasteiger partial charge in [0.1, 0.15) is 78.5 Å². The van der Waals surface area contributed by atoms with Gasteiger partial charge >= 0.3 is 0 Å². The van der Waals surface area contributed by atoms with Crippen LogP contribution in [0.25, 0.3) is 21.8 Å². The van der Waals surface area contributed by atoms with E-state index in [0.717, 1.165) is 36.3 Å². The number of H-pyrrole nitrogens is 3. The number of aliphatic hydroxyl groups excluding tert-OH is 1. The van der Waals surface area contributed by atoms with Crippen molar-refractivity contribution < 1.29 is 86.6 Å². The summed E-state index contributed by atoms with van der Waals surface area (Å²) in [6.07, 6.45) is 5.77. The fourth-order valence-electron chi connectivity index (χ4n) is 15.4. The minimum absolute atomic E-state index is 0.00936. The summed E-state index contributed by atoms with van der Waals surface area (Å²) in [5.41, 5.74) is 19.9. The number of halogens is 1. The van der Waals surface area contributed by atoms with Crippen LogP contribution in [0.2, 0.25) is 5.02 Å². The smallest absolute Gasteiger partial charge is 0.246 e. The Bertz CT molecular complexity index is 5070. The number of imidazole rings is 1. The van der Waals surface area contributed by atoms with Crippen LogP contribution >= 0.6 is 23.4 Å². The lowest BCUT2D eigenvalue weighted by atomic mass is 10.00. The van der Waals surface area contributed by atoms with Crippen LogP contribution in [0, 0.1) is 11.3 Å². The second kappa shape index (κ2) is 49.6. The van der Waals surface area contributed by atoms with Gasteiger partial charge in [-0.25, -0.2) is 4.98 Å². The van der Waals surface area contributed by atoms with Gasteiger partial charge < -0.3 is 120 Å². The summed E-state index contributed by atoms with van der Waals surface area (Å²) in [7, 11) is 5.16. The number of fused-ring (bicyclic) bond motifs is 3. The number of nitrogens with zero attached hydrogens (tertiary/aromatic N) is 6. The summed E-state index contributed by atoms with van der Waals surface area (Å²) in [5, 5.41) is 49.3. The second-order valence-electron chi connectivity index (χ2n) is 33.1. The third-order valence-corrected chi connectivity index (χ3v) is 24.0. The van der Waals surface area contributed by atoms with Crippen LogP contribution in [0.3, 0.4) is 0 Å². The highest BCUT2D eigenvalue weighted by Gasteiger charge is 2.44. The molecule has 0 saturated carbocycles.